The summed E-state index contributed by atoms with van der Waals surface area (Å²) < 4.78 is 7.21. The minimum Gasteiger partial charge on any atom is -0.374 e. The summed E-state index contributed by atoms with van der Waals surface area (Å²) in [5.74, 6) is -0.219. The smallest absolute Gasteiger partial charge is 0.272 e. The number of hydrogen-bond donors (Lipinski definition) is 1. The van der Waals surface area contributed by atoms with Crippen LogP contribution in [0.4, 0.5) is 0 Å². The number of nitrogens with one attached hydrogen (secondary N) is 1. The van der Waals surface area contributed by atoms with Crippen LogP contribution in [0, 0.1) is 0 Å². The molecule has 0 radical (unpaired) electrons. The van der Waals surface area contributed by atoms with Gasteiger partial charge in [0.15, 0.2) is 5.69 Å². The summed E-state index contributed by atoms with van der Waals surface area (Å²) in [6, 6.07) is 17.0. The van der Waals surface area contributed by atoms with E-state index in [9.17, 15) is 4.79 Å². The van der Waals surface area contributed by atoms with Crippen molar-refractivity contribution in [2.24, 2.45) is 0 Å². The van der Waals surface area contributed by atoms with E-state index in [4.69, 9.17) is 16.3 Å². The lowest BCUT2D eigenvalue weighted by Crippen LogP contribution is -2.23. The van der Waals surface area contributed by atoms with E-state index in [0.29, 0.717) is 23.9 Å². The lowest BCUT2D eigenvalue weighted by Gasteiger charge is -2.08. The Morgan fingerprint density at radius 1 is 1.15 bits per heavy atom. The van der Waals surface area contributed by atoms with Crippen LogP contribution < -0.4 is 5.32 Å². The van der Waals surface area contributed by atoms with Crippen molar-refractivity contribution in [3.05, 3.63) is 82.6 Å². The van der Waals surface area contributed by atoms with Gasteiger partial charge >= 0.3 is 0 Å². The van der Waals surface area contributed by atoms with E-state index >= 15 is 0 Å². The number of carbonyl (C=O) groups excluding carboxylic acids is 1. The summed E-state index contributed by atoms with van der Waals surface area (Å²) in [7, 11) is 0. The van der Waals surface area contributed by atoms with Crippen LogP contribution in [0.5, 0.6) is 0 Å². The average molecular weight is 384 g/mol. The molecule has 0 saturated carbocycles. The summed E-state index contributed by atoms with van der Waals surface area (Å²) >= 11 is 6.00. The third-order valence-corrected chi connectivity index (χ3v) is 4.19. The Morgan fingerprint density at radius 3 is 2.59 bits per heavy atom. The van der Waals surface area contributed by atoms with Crippen LogP contribution in [0.15, 0.2) is 60.8 Å². The van der Waals surface area contributed by atoms with Crippen LogP contribution in [0.25, 0.3) is 5.69 Å². The van der Waals surface area contributed by atoms with Gasteiger partial charge in [0, 0.05) is 17.8 Å². The molecule has 5 nitrogen and oxygen atoms in total. The van der Waals surface area contributed by atoms with Gasteiger partial charge < -0.3 is 10.1 Å². The van der Waals surface area contributed by atoms with Crippen LogP contribution in [-0.2, 0) is 17.9 Å². The number of benzene rings is 2. The fourth-order valence-corrected chi connectivity index (χ4v) is 2.68. The van der Waals surface area contributed by atoms with Crippen molar-refractivity contribution in [3.8, 4) is 5.69 Å². The van der Waals surface area contributed by atoms with Crippen molar-refractivity contribution < 1.29 is 9.53 Å². The molecule has 2 aromatic carbocycles. The van der Waals surface area contributed by atoms with Crippen LogP contribution in [0.1, 0.15) is 35.5 Å². The fourth-order valence-electron chi connectivity index (χ4n) is 2.50. The Bertz CT molecular complexity index is 904. The minimum atomic E-state index is -0.219. The second-order valence-electron chi connectivity index (χ2n) is 6.48. The largest absolute Gasteiger partial charge is 0.374 e. The molecule has 0 fully saturated rings. The number of carbonyl (C=O) groups is 1. The normalized spacial score (nSPS) is 11.0. The number of aromatic nitrogens is 2. The first-order valence-electron chi connectivity index (χ1n) is 8.80. The van der Waals surface area contributed by atoms with Gasteiger partial charge in [0.25, 0.3) is 5.91 Å². The van der Waals surface area contributed by atoms with Gasteiger partial charge in [-0.05, 0) is 49.2 Å². The van der Waals surface area contributed by atoms with E-state index in [0.717, 1.165) is 16.8 Å². The lowest BCUT2D eigenvalue weighted by atomic mass is 10.1. The zero-order valence-electron chi connectivity index (χ0n) is 15.4. The first kappa shape index (κ1) is 19.1. The third-order valence-electron chi connectivity index (χ3n) is 3.95. The predicted octanol–water partition coefficient (Wildman–Crippen LogP) is 4.38. The quantitative estimate of drug-likeness (QED) is 0.658. The molecule has 1 aromatic heterocycles. The highest BCUT2D eigenvalue weighted by atomic mass is 35.5. The molecule has 1 heterocycles. The zero-order chi connectivity index (χ0) is 19.2. The maximum absolute atomic E-state index is 12.3. The van der Waals surface area contributed by atoms with Crippen LogP contribution in [0.2, 0.25) is 5.02 Å². The van der Waals surface area contributed by atoms with Gasteiger partial charge in [-0.1, -0.05) is 41.9 Å². The first-order valence-corrected chi connectivity index (χ1v) is 9.18. The van der Waals surface area contributed by atoms with Gasteiger partial charge in [0.1, 0.15) is 0 Å². The zero-order valence-corrected chi connectivity index (χ0v) is 16.1. The molecule has 1 N–H and O–H groups in total. The summed E-state index contributed by atoms with van der Waals surface area (Å²) in [6.07, 6.45) is 1.94. The summed E-state index contributed by atoms with van der Waals surface area (Å²) in [5.41, 5.74) is 3.29. The lowest BCUT2D eigenvalue weighted by molar-refractivity contribution is 0.0657. The average Bonchev–Trinajstić information content (AvgIpc) is 3.15. The van der Waals surface area contributed by atoms with Crippen LogP contribution in [0.3, 0.4) is 0 Å². The molecule has 0 bridgehead atoms. The van der Waals surface area contributed by atoms with Crippen LogP contribution in [-0.4, -0.2) is 21.8 Å². The molecule has 0 aliphatic heterocycles. The molecule has 0 aliphatic rings. The Kier molecular flexibility index (Phi) is 6.27. The van der Waals surface area contributed by atoms with Crippen molar-refractivity contribution in [2.45, 2.75) is 33.1 Å². The molecule has 6 heteroatoms. The third kappa shape index (κ3) is 5.42. The molecule has 3 rings (SSSR count). The maximum Gasteiger partial charge on any atom is 0.272 e. The van der Waals surface area contributed by atoms with Gasteiger partial charge in [-0.3, -0.25) is 4.79 Å². The Hall–Kier alpha value is -2.63. The Morgan fingerprint density at radius 2 is 1.89 bits per heavy atom. The van der Waals surface area contributed by atoms with E-state index in [-0.39, 0.29) is 12.0 Å². The minimum absolute atomic E-state index is 0.204. The standard InChI is InChI=1S/C21H22ClN3O2/c1-15(2)27-14-17-8-6-16(7-9-17)13-23-21(26)20-10-11-25(24-20)19-5-3-4-18(22)12-19/h3-12,15H,13-14H2,1-2H3,(H,23,26). The van der Waals surface area contributed by atoms with Crippen molar-refractivity contribution in [2.75, 3.05) is 0 Å². The van der Waals surface area contributed by atoms with Gasteiger partial charge in [-0.2, -0.15) is 5.10 Å². The molecule has 0 saturated heterocycles. The molecule has 0 spiro atoms. The van der Waals surface area contributed by atoms with E-state index < -0.39 is 0 Å². The Labute approximate surface area is 163 Å². The monoisotopic (exact) mass is 383 g/mol. The van der Waals surface area contributed by atoms with E-state index in [1.165, 1.54) is 0 Å². The van der Waals surface area contributed by atoms with Crippen molar-refractivity contribution in [3.63, 3.8) is 0 Å². The topological polar surface area (TPSA) is 56.1 Å². The fraction of sp³-hybridized carbons (Fsp3) is 0.238. The second-order valence-corrected chi connectivity index (χ2v) is 6.92. The Balaban J connectivity index is 1.56. The highest BCUT2D eigenvalue weighted by Crippen LogP contribution is 2.14. The molecule has 1 amide bonds. The van der Waals surface area contributed by atoms with E-state index in [1.807, 2.05) is 50.2 Å². The summed E-state index contributed by atoms with van der Waals surface area (Å²) in [4.78, 5) is 12.3. The molecule has 140 valence electrons. The number of ether oxygens (including phenoxy) is 1. The molecule has 0 atom stereocenters. The van der Waals surface area contributed by atoms with Crippen molar-refractivity contribution in [1.29, 1.82) is 0 Å². The highest BCUT2D eigenvalue weighted by Gasteiger charge is 2.10. The predicted molar refractivity (Wildman–Crippen MR) is 106 cm³/mol. The number of amides is 1. The van der Waals surface area contributed by atoms with Gasteiger partial charge in [-0.15, -0.1) is 0 Å². The van der Waals surface area contributed by atoms with Crippen molar-refractivity contribution >= 4 is 17.5 Å². The number of hydrogen-bond acceptors (Lipinski definition) is 3. The summed E-state index contributed by atoms with van der Waals surface area (Å²) in [5, 5.41) is 7.83. The van der Waals surface area contributed by atoms with Crippen LogP contribution >= 0.6 is 11.6 Å². The van der Waals surface area contributed by atoms with Crippen molar-refractivity contribution in [1.82, 2.24) is 15.1 Å². The van der Waals surface area contributed by atoms with Gasteiger partial charge in [0.05, 0.1) is 18.4 Å². The molecule has 27 heavy (non-hydrogen) atoms. The molecular weight excluding hydrogens is 362 g/mol. The molecule has 0 aliphatic carbocycles. The van der Waals surface area contributed by atoms with E-state index in [2.05, 4.69) is 10.4 Å². The van der Waals surface area contributed by atoms with E-state index in [1.54, 1.807) is 29.1 Å². The van der Waals surface area contributed by atoms with Gasteiger partial charge in [-0.25, -0.2) is 4.68 Å². The highest BCUT2D eigenvalue weighted by molar-refractivity contribution is 6.30. The number of rotatable bonds is 7. The number of halogens is 1. The van der Waals surface area contributed by atoms with Gasteiger partial charge in [0.2, 0.25) is 0 Å². The summed E-state index contributed by atoms with van der Waals surface area (Å²) in [6.45, 7) is 5.05. The second kappa shape index (κ2) is 8.84. The molecular formula is C21H22ClN3O2. The first-order chi connectivity index (χ1) is 13.0. The number of nitrogens with zero attached hydrogens (tertiary/aromatic N) is 2. The molecule has 3 aromatic rings. The maximum atomic E-state index is 12.3. The molecule has 0 unspecified atom stereocenters. The SMILES string of the molecule is CC(C)OCc1ccc(CNC(=O)c2ccn(-c3cccc(Cl)c3)n2)cc1.